The van der Waals surface area contributed by atoms with Gasteiger partial charge in [0, 0.05) is 11.1 Å². The summed E-state index contributed by atoms with van der Waals surface area (Å²) in [6.07, 6.45) is 7.33. The van der Waals surface area contributed by atoms with Gasteiger partial charge < -0.3 is 0 Å². The van der Waals surface area contributed by atoms with Crippen molar-refractivity contribution in [3.8, 4) is 0 Å². The molecule has 0 aliphatic heterocycles. The Morgan fingerprint density at radius 2 is 1.92 bits per heavy atom. The van der Waals surface area contributed by atoms with Crippen molar-refractivity contribution in [1.29, 1.82) is 0 Å². The van der Waals surface area contributed by atoms with E-state index in [0.29, 0.717) is 5.02 Å². The van der Waals surface area contributed by atoms with Gasteiger partial charge in [-0.3, -0.25) is 4.79 Å². The van der Waals surface area contributed by atoms with Crippen LogP contribution in [-0.4, -0.2) is 43.7 Å². The van der Waals surface area contributed by atoms with Crippen LogP contribution in [0, 0.1) is 0 Å². The number of rotatable bonds is 6. The minimum Gasteiger partial charge on any atom is -0.272 e. The fourth-order valence-corrected chi connectivity index (χ4v) is 4.02. The van der Waals surface area contributed by atoms with Crippen molar-refractivity contribution in [2.75, 3.05) is 12.8 Å². The van der Waals surface area contributed by atoms with E-state index in [1.807, 2.05) is 0 Å². The zero-order valence-corrected chi connectivity index (χ0v) is 15.2. The first kappa shape index (κ1) is 18.9. The summed E-state index contributed by atoms with van der Waals surface area (Å²) in [7, 11) is -3.44. The second-order valence-corrected chi connectivity index (χ2v) is 8.32. The van der Waals surface area contributed by atoms with Crippen LogP contribution in [0.2, 0.25) is 5.02 Å². The molecule has 1 N–H and O–H groups in total. The lowest BCUT2D eigenvalue weighted by Crippen LogP contribution is -2.45. The third-order valence-corrected chi connectivity index (χ3v) is 5.51. The molecule has 0 unspecified atom stereocenters. The fourth-order valence-electron chi connectivity index (χ4n) is 2.79. The summed E-state index contributed by atoms with van der Waals surface area (Å²) in [5, 5.41) is 4.48. The maximum atomic E-state index is 12.0. The summed E-state index contributed by atoms with van der Waals surface area (Å²) < 4.78 is 25.3. The van der Waals surface area contributed by atoms with E-state index in [4.69, 9.17) is 11.6 Å². The van der Waals surface area contributed by atoms with Crippen molar-refractivity contribution in [2.24, 2.45) is 5.10 Å². The first-order valence-electron chi connectivity index (χ1n) is 7.90. The molecule has 1 aliphatic carbocycles. The number of nitrogens with zero attached hydrogens (tertiary/aromatic N) is 2. The lowest BCUT2D eigenvalue weighted by molar-refractivity contribution is -0.121. The van der Waals surface area contributed by atoms with Gasteiger partial charge in [-0.25, -0.2) is 13.8 Å². The van der Waals surface area contributed by atoms with Gasteiger partial charge in [0.15, 0.2) is 0 Å². The SMILES string of the molecule is CS(=O)(=O)N(CC(=O)N/N=C/c1ccc(Cl)cc1)C1CCCCC1. The molecule has 1 fully saturated rings. The molecule has 0 radical (unpaired) electrons. The minimum absolute atomic E-state index is 0.0975. The first-order chi connectivity index (χ1) is 11.4. The van der Waals surface area contributed by atoms with E-state index >= 15 is 0 Å². The third-order valence-electron chi connectivity index (χ3n) is 3.98. The molecule has 0 heterocycles. The van der Waals surface area contributed by atoms with Gasteiger partial charge >= 0.3 is 0 Å². The van der Waals surface area contributed by atoms with Crippen molar-refractivity contribution in [3.05, 3.63) is 34.9 Å². The Bertz CT molecular complexity index is 683. The Morgan fingerprint density at radius 1 is 1.29 bits per heavy atom. The van der Waals surface area contributed by atoms with Crippen LogP contribution >= 0.6 is 11.6 Å². The number of hydrogen-bond donors (Lipinski definition) is 1. The zero-order valence-electron chi connectivity index (χ0n) is 13.6. The topological polar surface area (TPSA) is 78.8 Å². The summed E-state index contributed by atoms with van der Waals surface area (Å²) in [5.41, 5.74) is 3.16. The third kappa shape index (κ3) is 5.89. The number of nitrogens with one attached hydrogen (secondary N) is 1. The smallest absolute Gasteiger partial charge is 0.255 e. The average Bonchev–Trinajstić information content (AvgIpc) is 2.54. The molecule has 0 spiro atoms. The van der Waals surface area contributed by atoms with E-state index in [-0.39, 0.29) is 12.6 Å². The van der Waals surface area contributed by atoms with E-state index in [1.165, 1.54) is 10.5 Å². The fraction of sp³-hybridized carbons (Fsp3) is 0.500. The molecule has 1 amide bonds. The van der Waals surface area contributed by atoms with Crippen molar-refractivity contribution < 1.29 is 13.2 Å². The predicted molar refractivity (Wildman–Crippen MR) is 95.6 cm³/mol. The molecule has 24 heavy (non-hydrogen) atoms. The number of carbonyl (C=O) groups excluding carboxylic acids is 1. The summed E-state index contributed by atoms with van der Waals surface area (Å²) in [6.45, 7) is -0.207. The van der Waals surface area contributed by atoms with E-state index in [9.17, 15) is 13.2 Å². The molecule has 0 bridgehead atoms. The first-order valence-corrected chi connectivity index (χ1v) is 10.1. The highest BCUT2D eigenvalue weighted by molar-refractivity contribution is 7.88. The van der Waals surface area contributed by atoms with Gasteiger partial charge in [-0.1, -0.05) is 43.0 Å². The van der Waals surface area contributed by atoms with Crippen molar-refractivity contribution in [2.45, 2.75) is 38.1 Å². The zero-order chi connectivity index (χ0) is 17.6. The molecule has 8 heteroatoms. The van der Waals surface area contributed by atoms with Crippen LogP contribution in [0.1, 0.15) is 37.7 Å². The minimum atomic E-state index is -3.44. The van der Waals surface area contributed by atoms with Gasteiger partial charge in [-0.15, -0.1) is 0 Å². The van der Waals surface area contributed by atoms with Crippen LogP contribution in [0.15, 0.2) is 29.4 Å². The van der Waals surface area contributed by atoms with Crippen molar-refractivity contribution in [3.63, 3.8) is 0 Å². The number of hydrogen-bond acceptors (Lipinski definition) is 4. The van der Waals surface area contributed by atoms with Crippen LogP contribution in [-0.2, 0) is 14.8 Å². The van der Waals surface area contributed by atoms with Crippen LogP contribution in [0.5, 0.6) is 0 Å². The Balaban J connectivity index is 1.93. The van der Waals surface area contributed by atoms with Crippen LogP contribution in [0.25, 0.3) is 0 Å². The molecule has 1 aliphatic rings. The summed E-state index contributed by atoms with van der Waals surface area (Å²) in [4.78, 5) is 12.0. The molecule has 1 saturated carbocycles. The van der Waals surface area contributed by atoms with E-state index in [1.54, 1.807) is 24.3 Å². The summed E-state index contributed by atoms with van der Waals surface area (Å²) in [5.74, 6) is -0.448. The number of carbonyl (C=O) groups is 1. The summed E-state index contributed by atoms with van der Waals surface area (Å²) in [6, 6.07) is 6.88. The average molecular weight is 372 g/mol. The van der Waals surface area contributed by atoms with Gasteiger partial charge in [0.2, 0.25) is 10.0 Å². The van der Waals surface area contributed by atoms with Crippen LogP contribution in [0.4, 0.5) is 0 Å². The van der Waals surface area contributed by atoms with E-state index in [0.717, 1.165) is 43.9 Å². The molecule has 6 nitrogen and oxygen atoms in total. The Labute approximate surface area is 147 Å². The van der Waals surface area contributed by atoms with Crippen LogP contribution < -0.4 is 5.43 Å². The number of benzene rings is 1. The molecule has 0 atom stereocenters. The Kier molecular flexibility index (Phi) is 6.77. The molecule has 1 aromatic carbocycles. The Morgan fingerprint density at radius 3 is 2.50 bits per heavy atom. The predicted octanol–water partition coefficient (Wildman–Crippen LogP) is 2.38. The van der Waals surface area contributed by atoms with E-state index in [2.05, 4.69) is 10.5 Å². The Hall–Kier alpha value is -1.44. The number of halogens is 1. The van der Waals surface area contributed by atoms with Gasteiger partial charge in [0.05, 0.1) is 19.0 Å². The second kappa shape index (κ2) is 8.60. The van der Waals surface area contributed by atoms with Gasteiger partial charge in [0.25, 0.3) is 5.91 Å². The quantitative estimate of drug-likeness (QED) is 0.616. The molecule has 132 valence electrons. The number of hydrazone groups is 1. The molecular formula is C16H22ClN3O3S. The van der Waals surface area contributed by atoms with Crippen molar-refractivity contribution in [1.82, 2.24) is 9.73 Å². The number of amides is 1. The van der Waals surface area contributed by atoms with E-state index < -0.39 is 15.9 Å². The van der Waals surface area contributed by atoms with Gasteiger partial charge in [-0.05, 0) is 30.5 Å². The van der Waals surface area contributed by atoms with Crippen LogP contribution in [0.3, 0.4) is 0 Å². The summed E-state index contributed by atoms with van der Waals surface area (Å²) >= 11 is 5.79. The lowest BCUT2D eigenvalue weighted by atomic mass is 9.95. The number of sulfonamides is 1. The maximum absolute atomic E-state index is 12.0. The molecule has 2 rings (SSSR count). The highest BCUT2D eigenvalue weighted by Crippen LogP contribution is 2.24. The normalized spacial score (nSPS) is 16.6. The maximum Gasteiger partial charge on any atom is 0.255 e. The standard InChI is InChI=1S/C16H22ClN3O3S/c1-24(22,23)20(15-5-3-2-4-6-15)12-16(21)19-18-11-13-7-9-14(17)10-8-13/h7-11,15H,2-6,12H2,1H3,(H,19,21)/b18-11+. The highest BCUT2D eigenvalue weighted by atomic mass is 35.5. The molecule has 0 saturated heterocycles. The second-order valence-electron chi connectivity index (χ2n) is 5.94. The molecule has 0 aromatic heterocycles. The molecule has 1 aromatic rings. The van der Waals surface area contributed by atoms with Gasteiger partial charge in [-0.2, -0.15) is 9.41 Å². The molecular weight excluding hydrogens is 350 g/mol. The monoisotopic (exact) mass is 371 g/mol. The highest BCUT2D eigenvalue weighted by Gasteiger charge is 2.29. The largest absolute Gasteiger partial charge is 0.272 e. The van der Waals surface area contributed by atoms with Gasteiger partial charge in [0.1, 0.15) is 0 Å². The van der Waals surface area contributed by atoms with Crippen molar-refractivity contribution >= 4 is 33.7 Å². The lowest BCUT2D eigenvalue weighted by Gasteiger charge is -2.31.